The van der Waals surface area contributed by atoms with E-state index in [2.05, 4.69) is 0 Å². The minimum absolute atomic E-state index is 0.00497. The number of aliphatic hydroxyl groups excluding tert-OH is 1. The van der Waals surface area contributed by atoms with Crippen molar-refractivity contribution >= 4 is 28.8 Å². The van der Waals surface area contributed by atoms with E-state index in [4.69, 9.17) is 9.47 Å². The van der Waals surface area contributed by atoms with Gasteiger partial charge in [0.1, 0.15) is 17.3 Å². The number of amides is 1. The van der Waals surface area contributed by atoms with Gasteiger partial charge in [-0.1, -0.05) is 25.3 Å². The molecule has 1 unspecified atom stereocenters. The molecule has 1 N–H and O–H groups in total. The highest BCUT2D eigenvalue weighted by Gasteiger charge is 2.49. The number of hydrogen-bond acceptors (Lipinski definition) is 6. The van der Waals surface area contributed by atoms with Crippen LogP contribution in [0, 0.1) is 0 Å². The Kier molecular flexibility index (Phi) is 5.81. The number of ketones is 1. The highest BCUT2D eigenvalue weighted by atomic mass is 32.1. The van der Waals surface area contributed by atoms with Crippen LogP contribution in [0.1, 0.15) is 48.6 Å². The molecule has 7 heteroatoms. The minimum Gasteiger partial charge on any atom is -0.507 e. The molecule has 1 aliphatic carbocycles. The summed E-state index contributed by atoms with van der Waals surface area (Å²) >= 11 is 1.48. The number of methoxy groups -OCH3 is 2. The van der Waals surface area contributed by atoms with Gasteiger partial charge in [-0.3, -0.25) is 9.59 Å². The number of Topliss-reactive ketones (excluding diaryl/α,β-unsaturated/α-hetero) is 1. The summed E-state index contributed by atoms with van der Waals surface area (Å²) in [5.74, 6) is -0.449. The number of likely N-dealkylation sites (tertiary alicyclic amines) is 1. The molecule has 158 valence electrons. The SMILES string of the molecule is COc1ccc(/C(O)=C2/C(=O)C(=O)N(C3CCCCC3)C2c2cccs2)c(OC)c1. The Hall–Kier alpha value is -2.80. The van der Waals surface area contributed by atoms with Gasteiger partial charge in [0.15, 0.2) is 0 Å². The maximum atomic E-state index is 13.1. The zero-order valence-electron chi connectivity index (χ0n) is 17.1. The monoisotopic (exact) mass is 427 g/mol. The van der Waals surface area contributed by atoms with Crippen molar-refractivity contribution < 1.29 is 24.2 Å². The second-order valence-electron chi connectivity index (χ2n) is 7.58. The predicted molar refractivity (Wildman–Crippen MR) is 115 cm³/mol. The van der Waals surface area contributed by atoms with Crippen molar-refractivity contribution in [1.29, 1.82) is 0 Å². The summed E-state index contributed by atoms with van der Waals surface area (Å²) in [4.78, 5) is 28.8. The zero-order valence-corrected chi connectivity index (χ0v) is 17.9. The molecule has 4 rings (SSSR count). The molecule has 2 aromatic rings. The van der Waals surface area contributed by atoms with E-state index in [1.807, 2.05) is 17.5 Å². The Morgan fingerprint density at radius 1 is 1.10 bits per heavy atom. The molecule has 2 heterocycles. The third-order valence-corrected chi connectivity index (χ3v) is 6.85. The summed E-state index contributed by atoms with van der Waals surface area (Å²) in [6.45, 7) is 0. The van der Waals surface area contributed by atoms with Crippen LogP contribution in [0.4, 0.5) is 0 Å². The molecule has 0 bridgehead atoms. The molecule has 1 aromatic heterocycles. The van der Waals surface area contributed by atoms with Crippen molar-refractivity contribution in [1.82, 2.24) is 4.90 Å². The van der Waals surface area contributed by atoms with Crippen molar-refractivity contribution in [3.8, 4) is 11.5 Å². The fourth-order valence-electron chi connectivity index (χ4n) is 4.45. The smallest absolute Gasteiger partial charge is 0.295 e. The van der Waals surface area contributed by atoms with Gasteiger partial charge in [-0.05, 0) is 36.4 Å². The average molecular weight is 428 g/mol. The topological polar surface area (TPSA) is 76.1 Å². The van der Waals surface area contributed by atoms with Gasteiger partial charge in [-0.25, -0.2) is 0 Å². The molecule has 1 saturated heterocycles. The van der Waals surface area contributed by atoms with Gasteiger partial charge in [0, 0.05) is 17.0 Å². The number of aliphatic hydroxyl groups is 1. The highest BCUT2D eigenvalue weighted by Crippen LogP contribution is 2.45. The van der Waals surface area contributed by atoms with Crippen LogP contribution < -0.4 is 9.47 Å². The Labute approximate surface area is 179 Å². The lowest BCUT2D eigenvalue weighted by molar-refractivity contribution is -0.141. The van der Waals surface area contributed by atoms with Crippen LogP contribution in [0.3, 0.4) is 0 Å². The Morgan fingerprint density at radius 2 is 1.87 bits per heavy atom. The Balaban J connectivity index is 1.86. The van der Waals surface area contributed by atoms with Gasteiger partial charge in [0.2, 0.25) is 0 Å². The molecule has 1 amide bonds. The first-order valence-corrected chi connectivity index (χ1v) is 11.0. The molecule has 2 fully saturated rings. The minimum atomic E-state index is -0.644. The van der Waals surface area contributed by atoms with E-state index in [0.717, 1.165) is 37.0 Å². The molecular formula is C23H25NO5S. The van der Waals surface area contributed by atoms with Crippen molar-refractivity contribution in [2.45, 2.75) is 44.2 Å². The lowest BCUT2D eigenvalue weighted by Gasteiger charge is -2.34. The maximum Gasteiger partial charge on any atom is 0.295 e. The first kappa shape index (κ1) is 20.5. The van der Waals surface area contributed by atoms with Crippen LogP contribution in [-0.2, 0) is 9.59 Å². The molecule has 6 nitrogen and oxygen atoms in total. The van der Waals surface area contributed by atoms with Gasteiger partial charge in [-0.15, -0.1) is 11.3 Å². The molecule has 0 radical (unpaired) electrons. The van der Waals surface area contributed by atoms with E-state index in [-0.39, 0.29) is 17.4 Å². The van der Waals surface area contributed by atoms with Gasteiger partial charge in [0.05, 0.1) is 31.4 Å². The van der Waals surface area contributed by atoms with Gasteiger partial charge in [0.25, 0.3) is 11.7 Å². The molecule has 1 atom stereocenters. The second kappa shape index (κ2) is 8.52. The van der Waals surface area contributed by atoms with E-state index in [9.17, 15) is 14.7 Å². The van der Waals surface area contributed by atoms with E-state index >= 15 is 0 Å². The standard InChI is InChI=1S/C23H25NO5S/c1-28-15-10-11-16(17(13-15)29-2)21(25)19-20(18-9-6-12-30-18)24(23(27)22(19)26)14-7-4-3-5-8-14/h6,9-14,20,25H,3-5,7-8H2,1-2H3/b21-19-. The normalized spacial score (nSPS) is 21.8. The number of nitrogens with zero attached hydrogens (tertiary/aromatic N) is 1. The number of carbonyl (C=O) groups is 2. The van der Waals surface area contributed by atoms with E-state index in [1.165, 1.54) is 18.4 Å². The quantitative estimate of drug-likeness (QED) is 0.431. The molecule has 30 heavy (non-hydrogen) atoms. The van der Waals surface area contributed by atoms with E-state index in [1.54, 1.807) is 30.2 Å². The lowest BCUT2D eigenvalue weighted by Crippen LogP contribution is -2.40. The molecule has 1 saturated carbocycles. The highest BCUT2D eigenvalue weighted by molar-refractivity contribution is 7.10. The van der Waals surface area contributed by atoms with Crippen LogP contribution >= 0.6 is 11.3 Å². The lowest BCUT2D eigenvalue weighted by atomic mass is 9.92. The molecular weight excluding hydrogens is 402 g/mol. The van der Waals surface area contributed by atoms with Crippen molar-refractivity contribution in [2.24, 2.45) is 0 Å². The van der Waals surface area contributed by atoms with E-state index < -0.39 is 17.7 Å². The van der Waals surface area contributed by atoms with Crippen LogP contribution in [-0.4, -0.2) is 42.0 Å². The second-order valence-corrected chi connectivity index (χ2v) is 8.56. The van der Waals surface area contributed by atoms with Crippen LogP contribution in [0.5, 0.6) is 11.5 Å². The molecule has 0 spiro atoms. The number of carbonyl (C=O) groups excluding carboxylic acids is 2. The van der Waals surface area contributed by atoms with Crippen molar-refractivity contribution in [3.63, 3.8) is 0 Å². The number of rotatable bonds is 5. The first-order chi connectivity index (χ1) is 14.6. The third kappa shape index (κ3) is 3.47. The summed E-state index contributed by atoms with van der Waals surface area (Å²) in [6, 6.07) is 8.21. The Bertz CT molecular complexity index is 975. The summed E-state index contributed by atoms with van der Waals surface area (Å²) in [5.41, 5.74) is 0.484. The van der Waals surface area contributed by atoms with E-state index in [0.29, 0.717) is 17.1 Å². The first-order valence-electron chi connectivity index (χ1n) is 10.1. The average Bonchev–Trinajstić information content (AvgIpc) is 3.40. The zero-order chi connectivity index (χ0) is 21.3. The largest absolute Gasteiger partial charge is 0.507 e. The van der Waals surface area contributed by atoms with Crippen molar-refractivity contribution in [2.75, 3.05) is 14.2 Å². The summed E-state index contributed by atoms with van der Waals surface area (Å²) < 4.78 is 10.6. The number of benzene rings is 1. The van der Waals surface area contributed by atoms with Crippen molar-refractivity contribution in [3.05, 3.63) is 51.7 Å². The fraction of sp³-hybridized carbons (Fsp3) is 0.391. The predicted octanol–water partition coefficient (Wildman–Crippen LogP) is 4.52. The Morgan fingerprint density at radius 3 is 2.50 bits per heavy atom. The molecule has 1 aliphatic heterocycles. The number of ether oxygens (including phenoxy) is 2. The third-order valence-electron chi connectivity index (χ3n) is 5.92. The van der Waals surface area contributed by atoms with Gasteiger partial charge >= 0.3 is 0 Å². The maximum absolute atomic E-state index is 13.1. The van der Waals surface area contributed by atoms with Crippen LogP contribution in [0.25, 0.3) is 5.76 Å². The van der Waals surface area contributed by atoms with Crippen LogP contribution in [0.2, 0.25) is 0 Å². The molecule has 2 aliphatic rings. The number of hydrogen-bond donors (Lipinski definition) is 1. The summed E-state index contributed by atoms with van der Waals surface area (Å²) in [7, 11) is 3.03. The van der Waals surface area contributed by atoms with Crippen LogP contribution in [0.15, 0.2) is 41.3 Å². The van der Waals surface area contributed by atoms with Gasteiger partial charge in [-0.2, -0.15) is 0 Å². The fourth-order valence-corrected chi connectivity index (χ4v) is 5.28. The summed E-state index contributed by atoms with van der Waals surface area (Å²) in [6.07, 6.45) is 4.98. The summed E-state index contributed by atoms with van der Waals surface area (Å²) in [5, 5.41) is 13.2. The number of thiophene rings is 1. The molecule has 1 aromatic carbocycles. The van der Waals surface area contributed by atoms with Gasteiger partial charge < -0.3 is 19.5 Å².